The lowest BCUT2D eigenvalue weighted by atomic mass is 10.3. The highest BCUT2D eigenvalue weighted by molar-refractivity contribution is 7.99. The van der Waals surface area contributed by atoms with Crippen LogP contribution < -0.4 is 5.32 Å². The Hall–Kier alpha value is -1.46. The smallest absolute Gasteiger partial charge is 0.114 e. The van der Waals surface area contributed by atoms with Gasteiger partial charge in [0, 0.05) is 37.4 Å². The van der Waals surface area contributed by atoms with Gasteiger partial charge in [-0.3, -0.25) is 9.97 Å². The lowest BCUT2D eigenvalue weighted by Crippen LogP contribution is -2.17. The molecule has 0 atom stereocenters. The number of pyridine rings is 1. The van der Waals surface area contributed by atoms with Crippen LogP contribution in [0.2, 0.25) is 0 Å². The van der Waals surface area contributed by atoms with E-state index in [1.54, 1.807) is 30.4 Å². The molecule has 0 aromatic carbocycles. The maximum Gasteiger partial charge on any atom is 0.114 e. The second kappa shape index (κ2) is 6.98. The van der Waals surface area contributed by atoms with Gasteiger partial charge in [-0.1, -0.05) is 6.07 Å². The van der Waals surface area contributed by atoms with Crippen molar-refractivity contribution in [2.75, 3.05) is 12.3 Å². The van der Waals surface area contributed by atoms with E-state index in [1.165, 1.54) is 0 Å². The molecule has 0 fully saturated rings. The van der Waals surface area contributed by atoms with Gasteiger partial charge in [0.05, 0.1) is 11.9 Å². The molecule has 0 aliphatic heterocycles. The Labute approximate surface area is 105 Å². The van der Waals surface area contributed by atoms with Crippen LogP contribution in [0, 0.1) is 0 Å². The van der Waals surface area contributed by atoms with E-state index in [2.05, 4.69) is 20.3 Å². The molecule has 1 N–H and O–H groups in total. The van der Waals surface area contributed by atoms with E-state index in [0.717, 1.165) is 29.6 Å². The number of thioether (sulfide) groups is 1. The van der Waals surface area contributed by atoms with E-state index in [4.69, 9.17) is 0 Å². The molecular weight excluding hydrogens is 232 g/mol. The van der Waals surface area contributed by atoms with Crippen molar-refractivity contribution in [2.24, 2.45) is 0 Å². The Morgan fingerprint density at radius 3 is 2.88 bits per heavy atom. The maximum absolute atomic E-state index is 4.24. The molecule has 17 heavy (non-hydrogen) atoms. The van der Waals surface area contributed by atoms with Crippen molar-refractivity contribution >= 4 is 11.8 Å². The van der Waals surface area contributed by atoms with Gasteiger partial charge in [0.15, 0.2) is 0 Å². The number of hydrogen-bond donors (Lipinski definition) is 1. The summed E-state index contributed by atoms with van der Waals surface area (Å²) < 4.78 is 0. The molecule has 2 aromatic heterocycles. The fourth-order valence-corrected chi connectivity index (χ4v) is 2.03. The van der Waals surface area contributed by atoms with Crippen molar-refractivity contribution in [1.82, 2.24) is 20.3 Å². The fraction of sp³-hybridized carbons (Fsp3) is 0.250. The zero-order valence-electron chi connectivity index (χ0n) is 9.41. The Balaban J connectivity index is 1.61. The minimum absolute atomic E-state index is 0.807. The van der Waals surface area contributed by atoms with Crippen LogP contribution in [0.1, 0.15) is 5.69 Å². The van der Waals surface area contributed by atoms with Gasteiger partial charge in [-0.2, -0.15) is 0 Å². The van der Waals surface area contributed by atoms with E-state index < -0.39 is 0 Å². The third-order valence-corrected chi connectivity index (χ3v) is 3.02. The lowest BCUT2D eigenvalue weighted by molar-refractivity contribution is 0.715. The van der Waals surface area contributed by atoms with E-state index in [0.29, 0.717) is 0 Å². The average molecular weight is 246 g/mol. The largest absolute Gasteiger partial charge is 0.310 e. The zero-order valence-corrected chi connectivity index (χ0v) is 10.2. The Morgan fingerprint density at radius 1 is 1.12 bits per heavy atom. The first kappa shape index (κ1) is 12.0. The van der Waals surface area contributed by atoms with Crippen molar-refractivity contribution in [1.29, 1.82) is 0 Å². The fourth-order valence-electron chi connectivity index (χ4n) is 1.31. The van der Waals surface area contributed by atoms with Crippen molar-refractivity contribution < 1.29 is 0 Å². The molecule has 0 aliphatic carbocycles. The van der Waals surface area contributed by atoms with Crippen LogP contribution >= 0.6 is 11.8 Å². The van der Waals surface area contributed by atoms with E-state index >= 15 is 0 Å². The summed E-state index contributed by atoms with van der Waals surface area (Å²) in [5.41, 5.74) is 1.07. The maximum atomic E-state index is 4.24. The SMILES string of the molecule is c1ccc(CNCCSc2cnccn2)nc1. The van der Waals surface area contributed by atoms with Crippen molar-refractivity contribution in [3.05, 3.63) is 48.7 Å². The van der Waals surface area contributed by atoms with E-state index in [-0.39, 0.29) is 0 Å². The van der Waals surface area contributed by atoms with Crippen molar-refractivity contribution in [2.45, 2.75) is 11.6 Å². The molecule has 0 unspecified atom stereocenters. The molecule has 0 saturated heterocycles. The first-order chi connectivity index (χ1) is 8.45. The van der Waals surface area contributed by atoms with Crippen LogP contribution in [0.25, 0.3) is 0 Å². The van der Waals surface area contributed by atoms with E-state index in [9.17, 15) is 0 Å². The Kier molecular flexibility index (Phi) is 4.93. The Morgan fingerprint density at radius 2 is 2.12 bits per heavy atom. The number of rotatable bonds is 6. The summed E-state index contributed by atoms with van der Waals surface area (Å²) in [7, 11) is 0. The van der Waals surface area contributed by atoms with Gasteiger partial charge >= 0.3 is 0 Å². The molecule has 0 radical (unpaired) electrons. The second-order valence-electron chi connectivity index (χ2n) is 3.39. The van der Waals surface area contributed by atoms with Gasteiger partial charge in [-0.05, 0) is 12.1 Å². The van der Waals surface area contributed by atoms with Gasteiger partial charge in [0.2, 0.25) is 0 Å². The lowest BCUT2D eigenvalue weighted by Gasteiger charge is -2.03. The quantitative estimate of drug-likeness (QED) is 0.621. The summed E-state index contributed by atoms with van der Waals surface area (Å²) >= 11 is 1.70. The predicted molar refractivity (Wildman–Crippen MR) is 68.7 cm³/mol. The molecule has 2 rings (SSSR count). The van der Waals surface area contributed by atoms with Crippen LogP contribution in [0.5, 0.6) is 0 Å². The normalized spacial score (nSPS) is 10.4. The van der Waals surface area contributed by atoms with Crippen LogP contribution in [0.3, 0.4) is 0 Å². The second-order valence-corrected chi connectivity index (χ2v) is 4.51. The molecular formula is C12H14N4S. The third kappa shape index (κ3) is 4.50. The topological polar surface area (TPSA) is 50.7 Å². The van der Waals surface area contributed by atoms with Crippen LogP contribution in [0.15, 0.2) is 48.0 Å². The molecule has 2 heterocycles. The highest BCUT2D eigenvalue weighted by atomic mass is 32.2. The zero-order chi connectivity index (χ0) is 11.8. The number of nitrogens with zero attached hydrogens (tertiary/aromatic N) is 3. The summed E-state index contributed by atoms with van der Waals surface area (Å²) in [4.78, 5) is 12.5. The van der Waals surface area contributed by atoms with Crippen molar-refractivity contribution in [3.63, 3.8) is 0 Å². The monoisotopic (exact) mass is 246 g/mol. The summed E-state index contributed by atoms with van der Waals surface area (Å²) in [6.07, 6.45) is 6.99. The first-order valence-corrected chi connectivity index (χ1v) is 6.43. The highest BCUT2D eigenvalue weighted by Crippen LogP contribution is 2.11. The van der Waals surface area contributed by atoms with Crippen molar-refractivity contribution in [3.8, 4) is 0 Å². The highest BCUT2D eigenvalue weighted by Gasteiger charge is 1.95. The third-order valence-electron chi connectivity index (χ3n) is 2.10. The summed E-state index contributed by atoms with van der Waals surface area (Å²) in [6, 6.07) is 5.94. The molecule has 0 spiro atoms. The minimum atomic E-state index is 0.807. The van der Waals surface area contributed by atoms with Crippen LogP contribution in [0.4, 0.5) is 0 Å². The minimum Gasteiger partial charge on any atom is -0.310 e. The molecule has 0 amide bonds. The van der Waals surface area contributed by atoms with Crippen LogP contribution in [-0.4, -0.2) is 27.2 Å². The standard InChI is InChI=1S/C12H14N4S/c1-2-4-15-11(3-1)9-14-7-8-17-12-10-13-5-6-16-12/h1-6,10,14H,7-9H2. The average Bonchev–Trinajstić information content (AvgIpc) is 2.41. The van der Waals surface area contributed by atoms with Gasteiger partial charge in [-0.25, -0.2) is 4.98 Å². The number of hydrogen-bond acceptors (Lipinski definition) is 5. The molecule has 0 saturated carbocycles. The molecule has 5 heteroatoms. The Bertz CT molecular complexity index is 380. The van der Waals surface area contributed by atoms with Crippen LogP contribution in [-0.2, 0) is 6.54 Å². The molecule has 0 bridgehead atoms. The van der Waals surface area contributed by atoms with Gasteiger partial charge in [0.25, 0.3) is 0 Å². The number of nitrogens with one attached hydrogen (secondary N) is 1. The molecule has 0 aliphatic rings. The van der Waals surface area contributed by atoms with Gasteiger partial charge in [0.1, 0.15) is 5.03 Å². The van der Waals surface area contributed by atoms with Gasteiger partial charge in [-0.15, -0.1) is 11.8 Å². The number of aromatic nitrogens is 3. The predicted octanol–water partition coefficient (Wildman–Crippen LogP) is 1.75. The first-order valence-electron chi connectivity index (χ1n) is 5.44. The summed E-state index contributed by atoms with van der Waals surface area (Å²) in [6.45, 7) is 1.74. The molecule has 88 valence electrons. The van der Waals surface area contributed by atoms with E-state index in [1.807, 2.05) is 24.4 Å². The molecule has 4 nitrogen and oxygen atoms in total. The summed E-state index contributed by atoms with van der Waals surface area (Å²) in [5.74, 6) is 0.978. The summed E-state index contributed by atoms with van der Waals surface area (Å²) in [5, 5.41) is 4.31. The van der Waals surface area contributed by atoms with Gasteiger partial charge < -0.3 is 5.32 Å². The molecule has 2 aromatic rings.